The zero-order valence-corrected chi connectivity index (χ0v) is 13.5. The van der Waals surface area contributed by atoms with E-state index >= 15 is 0 Å². The SMILES string of the molecule is Cn1ccc(CC(CBr)(CBr)c2ccccc2)n1. The Kier molecular flexibility index (Phi) is 4.62. The first-order valence-corrected chi connectivity index (χ1v) is 8.10. The lowest BCUT2D eigenvalue weighted by molar-refractivity contribution is 0.537. The molecule has 96 valence electrons. The Morgan fingerprint density at radius 2 is 1.78 bits per heavy atom. The van der Waals surface area contributed by atoms with Crippen molar-refractivity contribution in [2.45, 2.75) is 11.8 Å². The number of benzene rings is 1. The highest BCUT2D eigenvalue weighted by Gasteiger charge is 2.31. The molecule has 1 heterocycles. The molecule has 2 aromatic rings. The van der Waals surface area contributed by atoms with Crippen molar-refractivity contribution >= 4 is 31.9 Å². The van der Waals surface area contributed by atoms with E-state index in [2.05, 4.69) is 73.4 Å². The van der Waals surface area contributed by atoms with Crippen molar-refractivity contribution in [3.63, 3.8) is 0 Å². The fraction of sp³-hybridized carbons (Fsp3) is 0.357. The fourth-order valence-electron chi connectivity index (χ4n) is 2.08. The normalized spacial score (nSPS) is 11.7. The molecule has 0 amide bonds. The van der Waals surface area contributed by atoms with Crippen LogP contribution in [0.2, 0.25) is 0 Å². The van der Waals surface area contributed by atoms with Gasteiger partial charge in [0.25, 0.3) is 0 Å². The lowest BCUT2D eigenvalue weighted by atomic mass is 9.80. The van der Waals surface area contributed by atoms with Crippen LogP contribution >= 0.6 is 31.9 Å². The molecular formula is C14H16Br2N2. The van der Waals surface area contributed by atoms with E-state index < -0.39 is 0 Å². The van der Waals surface area contributed by atoms with Crippen LogP contribution in [0.3, 0.4) is 0 Å². The summed E-state index contributed by atoms with van der Waals surface area (Å²) < 4.78 is 1.85. The minimum Gasteiger partial charge on any atom is -0.276 e. The van der Waals surface area contributed by atoms with Crippen molar-refractivity contribution in [1.29, 1.82) is 0 Å². The molecule has 0 fully saturated rings. The van der Waals surface area contributed by atoms with E-state index in [1.165, 1.54) is 5.56 Å². The summed E-state index contributed by atoms with van der Waals surface area (Å²) in [5, 5.41) is 6.31. The number of hydrogen-bond donors (Lipinski definition) is 0. The monoisotopic (exact) mass is 370 g/mol. The van der Waals surface area contributed by atoms with Crippen LogP contribution < -0.4 is 0 Å². The van der Waals surface area contributed by atoms with Gasteiger partial charge in [-0.3, -0.25) is 4.68 Å². The summed E-state index contributed by atoms with van der Waals surface area (Å²) in [4.78, 5) is 0. The standard InChI is InChI=1S/C14H16Br2N2/c1-18-8-7-13(17-18)9-14(10-15,11-16)12-5-3-2-4-6-12/h2-8H,9-11H2,1H3. The van der Waals surface area contributed by atoms with E-state index in [0.717, 1.165) is 22.8 Å². The molecule has 0 N–H and O–H groups in total. The lowest BCUT2D eigenvalue weighted by Crippen LogP contribution is -2.33. The number of hydrogen-bond acceptors (Lipinski definition) is 1. The molecule has 0 aliphatic carbocycles. The van der Waals surface area contributed by atoms with Gasteiger partial charge in [0.1, 0.15) is 0 Å². The second-order valence-corrected chi connectivity index (χ2v) is 5.69. The van der Waals surface area contributed by atoms with Gasteiger partial charge in [-0.2, -0.15) is 5.10 Å². The Bertz CT molecular complexity index is 490. The third-order valence-electron chi connectivity index (χ3n) is 3.19. The minimum atomic E-state index is 0.0512. The van der Waals surface area contributed by atoms with Gasteiger partial charge >= 0.3 is 0 Å². The smallest absolute Gasteiger partial charge is 0.0633 e. The predicted molar refractivity (Wildman–Crippen MR) is 82.6 cm³/mol. The van der Waals surface area contributed by atoms with Crippen LogP contribution in [0.15, 0.2) is 42.6 Å². The first-order chi connectivity index (χ1) is 8.70. The van der Waals surface area contributed by atoms with Crippen molar-refractivity contribution in [2.24, 2.45) is 7.05 Å². The highest BCUT2D eigenvalue weighted by molar-refractivity contribution is 9.09. The molecule has 0 atom stereocenters. The van der Waals surface area contributed by atoms with Crippen LogP contribution in [0.1, 0.15) is 11.3 Å². The van der Waals surface area contributed by atoms with Gasteiger partial charge in [-0.25, -0.2) is 0 Å². The average Bonchev–Trinajstić information content (AvgIpc) is 2.82. The second kappa shape index (κ2) is 6.02. The minimum absolute atomic E-state index is 0.0512. The molecule has 1 aromatic carbocycles. The maximum absolute atomic E-state index is 4.49. The van der Waals surface area contributed by atoms with Crippen molar-refractivity contribution in [2.75, 3.05) is 10.7 Å². The van der Waals surface area contributed by atoms with Crippen molar-refractivity contribution in [3.8, 4) is 0 Å². The number of alkyl halides is 2. The van der Waals surface area contributed by atoms with Gasteiger partial charge in [-0.1, -0.05) is 62.2 Å². The molecule has 0 radical (unpaired) electrons. The summed E-state index contributed by atoms with van der Waals surface area (Å²) in [5.41, 5.74) is 2.51. The Morgan fingerprint density at radius 1 is 1.11 bits per heavy atom. The second-order valence-electron chi connectivity index (χ2n) is 4.57. The molecule has 0 bridgehead atoms. The van der Waals surface area contributed by atoms with Gasteiger partial charge in [0.15, 0.2) is 0 Å². The molecule has 1 aromatic heterocycles. The number of aromatic nitrogens is 2. The molecule has 4 heteroatoms. The summed E-state index contributed by atoms with van der Waals surface area (Å²) >= 11 is 7.34. The zero-order valence-electron chi connectivity index (χ0n) is 10.3. The molecule has 0 aliphatic heterocycles. The largest absolute Gasteiger partial charge is 0.276 e. The van der Waals surface area contributed by atoms with E-state index in [4.69, 9.17) is 0 Å². The Labute approximate surface area is 125 Å². The summed E-state index contributed by atoms with van der Waals surface area (Å²) in [6.45, 7) is 0. The van der Waals surface area contributed by atoms with E-state index in [-0.39, 0.29) is 5.41 Å². The number of nitrogens with zero attached hydrogens (tertiary/aromatic N) is 2. The molecule has 0 unspecified atom stereocenters. The maximum atomic E-state index is 4.49. The van der Waals surface area contributed by atoms with Gasteiger partial charge in [-0.15, -0.1) is 0 Å². The number of rotatable bonds is 5. The molecule has 0 aliphatic rings. The molecule has 2 rings (SSSR count). The highest BCUT2D eigenvalue weighted by Crippen LogP contribution is 2.32. The average molecular weight is 372 g/mol. The Hall–Kier alpha value is -0.610. The third-order valence-corrected chi connectivity index (χ3v) is 5.33. The highest BCUT2D eigenvalue weighted by atomic mass is 79.9. The number of aryl methyl sites for hydroxylation is 1. The Balaban J connectivity index is 2.32. The van der Waals surface area contributed by atoms with Crippen LogP contribution in [0, 0.1) is 0 Å². The quantitative estimate of drug-likeness (QED) is 0.733. The third kappa shape index (κ3) is 2.86. The molecular weight excluding hydrogens is 356 g/mol. The molecule has 18 heavy (non-hydrogen) atoms. The number of halogens is 2. The van der Waals surface area contributed by atoms with Gasteiger partial charge in [-0.05, 0) is 11.6 Å². The zero-order chi connectivity index (χ0) is 13.0. The van der Waals surface area contributed by atoms with Crippen molar-refractivity contribution in [3.05, 3.63) is 53.9 Å². The van der Waals surface area contributed by atoms with E-state index in [1.807, 2.05) is 17.9 Å². The molecule has 0 spiro atoms. The predicted octanol–water partition coefficient (Wildman–Crippen LogP) is 3.69. The summed E-state index contributed by atoms with van der Waals surface area (Å²) in [6, 6.07) is 12.7. The van der Waals surface area contributed by atoms with E-state index in [9.17, 15) is 0 Å². The summed E-state index contributed by atoms with van der Waals surface area (Å²) in [6.07, 6.45) is 2.92. The molecule has 0 saturated heterocycles. The van der Waals surface area contributed by atoms with Gasteiger partial charge in [0, 0.05) is 35.7 Å². The van der Waals surface area contributed by atoms with Crippen molar-refractivity contribution in [1.82, 2.24) is 9.78 Å². The van der Waals surface area contributed by atoms with Crippen LogP contribution in [0.25, 0.3) is 0 Å². The van der Waals surface area contributed by atoms with Crippen molar-refractivity contribution < 1.29 is 0 Å². The fourth-order valence-corrected chi connectivity index (χ4v) is 4.05. The maximum Gasteiger partial charge on any atom is 0.0633 e. The summed E-state index contributed by atoms with van der Waals surface area (Å²) in [7, 11) is 1.95. The summed E-state index contributed by atoms with van der Waals surface area (Å²) in [5.74, 6) is 0. The van der Waals surface area contributed by atoms with Gasteiger partial charge in [0.05, 0.1) is 5.69 Å². The molecule has 0 saturated carbocycles. The van der Waals surface area contributed by atoms with Crippen LogP contribution in [-0.4, -0.2) is 20.4 Å². The first kappa shape index (κ1) is 13.8. The van der Waals surface area contributed by atoms with E-state index in [0.29, 0.717) is 0 Å². The lowest BCUT2D eigenvalue weighted by Gasteiger charge is -2.30. The van der Waals surface area contributed by atoms with E-state index in [1.54, 1.807) is 0 Å². The van der Waals surface area contributed by atoms with Crippen LogP contribution in [0.4, 0.5) is 0 Å². The topological polar surface area (TPSA) is 17.8 Å². The first-order valence-electron chi connectivity index (χ1n) is 5.86. The Morgan fingerprint density at radius 3 is 2.28 bits per heavy atom. The van der Waals surface area contributed by atoms with Crippen LogP contribution in [-0.2, 0) is 18.9 Å². The van der Waals surface area contributed by atoms with Gasteiger partial charge < -0.3 is 0 Å². The van der Waals surface area contributed by atoms with Crippen LogP contribution in [0.5, 0.6) is 0 Å². The molecule has 2 nitrogen and oxygen atoms in total. The van der Waals surface area contributed by atoms with Gasteiger partial charge in [0.2, 0.25) is 0 Å².